The second-order valence-electron chi connectivity index (χ2n) is 4.34. The van der Waals surface area contributed by atoms with Gasteiger partial charge in [0.1, 0.15) is 5.69 Å². The number of hydrogen-bond acceptors (Lipinski definition) is 4. The van der Waals surface area contributed by atoms with E-state index in [0.717, 1.165) is 4.90 Å². The van der Waals surface area contributed by atoms with Gasteiger partial charge in [-0.3, -0.25) is 9.59 Å². The van der Waals surface area contributed by atoms with E-state index in [4.69, 9.17) is 5.11 Å². The van der Waals surface area contributed by atoms with Crippen LogP contribution in [0.2, 0.25) is 0 Å². The van der Waals surface area contributed by atoms with Gasteiger partial charge in [0, 0.05) is 4.47 Å². The van der Waals surface area contributed by atoms with E-state index in [1.54, 1.807) is 18.2 Å². The van der Waals surface area contributed by atoms with E-state index < -0.39 is 17.8 Å². The molecule has 2 amide bonds. The Kier molecular flexibility index (Phi) is 3.06. The summed E-state index contributed by atoms with van der Waals surface area (Å²) in [6.45, 7) is 0. The van der Waals surface area contributed by atoms with E-state index in [2.05, 4.69) is 20.9 Å². The van der Waals surface area contributed by atoms with Crippen molar-refractivity contribution < 1.29 is 19.5 Å². The number of carbonyl (C=O) groups is 3. The lowest BCUT2D eigenvalue weighted by Gasteiger charge is -2.13. The highest BCUT2D eigenvalue weighted by molar-refractivity contribution is 9.10. The first-order valence-electron chi connectivity index (χ1n) is 5.86. The van der Waals surface area contributed by atoms with E-state index in [0.29, 0.717) is 15.6 Å². The molecule has 2 aromatic rings. The Morgan fingerprint density at radius 1 is 1.10 bits per heavy atom. The molecule has 0 unspecified atom stereocenters. The van der Waals surface area contributed by atoms with Gasteiger partial charge in [-0.25, -0.2) is 14.7 Å². The van der Waals surface area contributed by atoms with Crippen LogP contribution >= 0.6 is 15.9 Å². The maximum atomic E-state index is 12.3. The fourth-order valence-electron chi connectivity index (χ4n) is 2.09. The van der Waals surface area contributed by atoms with Gasteiger partial charge in [0.2, 0.25) is 0 Å². The zero-order valence-corrected chi connectivity index (χ0v) is 12.0. The number of nitrogens with zero attached hydrogens (tertiary/aromatic N) is 2. The van der Waals surface area contributed by atoms with Crippen LogP contribution in [0.1, 0.15) is 31.2 Å². The molecule has 0 radical (unpaired) electrons. The predicted molar refractivity (Wildman–Crippen MR) is 76.5 cm³/mol. The number of rotatable bonds is 2. The molecule has 0 saturated carbocycles. The number of carboxylic acid groups (broad SMARTS) is 1. The molecule has 21 heavy (non-hydrogen) atoms. The predicted octanol–water partition coefficient (Wildman–Crippen LogP) is 2.34. The fourth-order valence-corrected chi connectivity index (χ4v) is 2.45. The highest BCUT2D eigenvalue weighted by Crippen LogP contribution is 2.29. The number of pyridine rings is 1. The van der Waals surface area contributed by atoms with Gasteiger partial charge in [-0.15, -0.1) is 0 Å². The number of carbonyl (C=O) groups excluding carboxylic acids is 2. The lowest BCUT2D eigenvalue weighted by molar-refractivity contribution is 0.0690. The number of aromatic carboxylic acids is 1. The molecule has 1 N–H and O–H groups in total. The first kappa shape index (κ1) is 13.4. The quantitative estimate of drug-likeness (QED) is 0.843. The second-order valence-corrected chi connectivity index (χ2v) is 5.26. The summed E-state index contributed by atoms with van der Waals surface area (Å²) in [4.78, 5) is 40.1. The fraction of sp³-hybridized carbons (Fsp3) is 0. The Labute approximate surface area is 127 Å². The van der Waals surface area contributed by atoms with Gasteiger partial charge < -0.3 is 5.11 Å². The molecule has 0 saturated heterocycles. The maximum Gasteiger partial charge on any atom is 0.354 e. The smallest absolute Gasteiger partial charge is 0.354 e. The number of fused-ring (bicyclic) bond motifs is 1. The molecule has 7 heteroatoms. The number of benzene rings is 1. The van der Waals surface area contributed by atoms with Crippen LogP contribution in [0.3, 0.4) is 0 Å². The van der Waals surface area contributed by atoms with Gasteiger partial charge >= 0.3 is 5.97 Å². The molecule has 1 aromatic heterocycles. The first-order valence-corrected chi connectivity index (χ1v) is 6.66. The zero-order valence-electron chi connectivity index (χ0n) is 10.4. The van der Waals surface area contributed by atoms with Gasteiger partial charge in [0.25, 0.3) is 11.8 Å². The standard InChI is InChI=1S/C14H7BrN2O4/c15-7-1-3-9-10(5-7)13(19)17(12(9)18)8-2-4-11(14(20)21)16-6-8/h1-6H,(H,20,21). The van der Waals surface area contributed by atoms with E-state index in [1.807, 2.05) is 0 Å². The van der Waals surface area contributed by atoms with Crippen molar-refractivity contribution in [2.24, 2.45) is 0 Å². The van der Waals surface area contributed by atoms with Gasteiger partial charge in [0.05, 0.1) is 23.0 Å². The topological polar surface area (TPSA) is 87.6 Å². The van der Waals surface area contributed by atoms with E-state index in [9.17, 15) is 14.4 Å². The molecule has 2 heterocycles. The molecule has 104 valence electrons. The monoisotopic (exact) mass is 346 g/mol. The SMILES string of the molecule is O=C(O)c1ccc(N2C(=O)c3ccc(Br)cc3C2=O)cn1. The number of amides is 2. The van der Waals surface area contributed by atoms with Crippen molar-refractivity contribution in [2.45, 2.75) is 0 Å². The Morgan fingerprint density at radius 3 is 2.43 bits per heavy atom. The van der Waals surface area contributed by atoms with Crippen molar-refractivity contribution in [3.05, 3.63) is 57.8 Å². The normalized spacial score (nSPS) is 13.5. The lowest BCUT2D eigenvalue weighted by atomic mass is 10.1. The van der Waals surface area contributed by atoms with Gasteiger partial charge in [-0.2, -0.15) is 0 Å². The van der Waals surface area contributed by atoms with Crippen LogP contribution in [-0.2, 0) is 0 Å². The van der Waals surface area contributed by atoms with Crippen molar-refractivity contribution in [3.8, 4) is 0 Å². The average Bonchev–Trinajstić information content (AvgIpc) is 2.70. The number of halogens is 1. The molecular formula is C14H7BrN2O4. The molecule has 1 aliphatic heterocycles. The summed E-state index contributed by atoms with van der Waals surface area (Å²) >= 11 is 3.25. The number of imide groups is 1. The van der Waals surface area contributed by atoms with Crippen LogP contribution in [0, 0.1) is 0 Å². The van der Waals surface area contributed by atoms with E-state index in [1.165, 1.54) is 18.3 Å². The minimum Gasteiger partial charge on any atom is -0.477 e. The summed E-state index contributed by atoms with van der Waals surface area (Å²) < 4.78 is 0.698. The van der Waals surface area contributed by atoms with Crippen LogP contribution in [0.15, 0.2) is 41.0 Å². The largest absolute Gasteiger partial charge is 0.477 e. The summed E-state index contributed by atoms with van der Waals surface area (Å²) in [6, 6.07) is 7.46. The van der Waals surface area contributed by atoms with Crippen LogP contribution in [0.5, 0.6) is 0 Å². The van der Waals surface area contributed by atoms with Gasteiger partial charge in [-0.05, 0) is 30.3 Å². The van der Waals surface area contributed by atoms with E-state index >= 15 is 0 Å². The van der Waals surface area contributed by atoms with E-state index in [-0.39, 0.29) is 11.4 Å². The third-order valence-corrected chi connectivity index (χ3v) is 3.57. The first-order chi connectivity index (χ1) is 9.99. The number of carboxylic acids is 1. The number of aromatic nitrogens is 1. The Morgan fingerprint density at radius 2 is 1.81 bits per heavy atom. The Hall–Kier alpha value is -2.54. The molecule has 0 atom stereocenters. The van der Waals surface area contributed by atoms with Gasteiger partial charge in [0.15, 0.2) is 0 Å². The minimum atomic E-state index is -1.17. The zero-order chi connectivity index (χ0) is 15.1. The summed E-state index contributed by atoms with van der Waals surface area (Å²) in [6.07, 6.45) is 1.19. The average molecular weight is 347 g/mol. The lowest BCUT2D eigenvalue weighted by Crippen LogP contribution is -2.29. The van der Waals surface area contributed by atoms with Crippen LogP contribution in [0.4, 0.5) is 5.69 Å². The molecule has 1 aromatic carbocycles. The van der Waals surface area contributed by atoms with Crippen molar-refractivity contribution in [2.75, 3.05) is 4.90 Å². The number of anilines is 1. The minimum absolute atomic E-state index is 0.155. The van der Waals surface area contributed by atoms with Crippen molar-refractivity contribution in [1.82, 2.24) is 4.98 Å². The molecule has 1 aliphatic rings. The van der Waals surface area contributed by atoms with Crippen LogP contribution in [0.25, 0.3) is 0 Å². The second kappa shape index (κ2) is 4.78. The molecule has 0 bridgehead atoms. The highest BCUT2D eigenvalue weighted by Gasteiger charge is 2.36. The summed E-state index contributed by atoms with van der Waals surface area (Å²) in [5.41, 5.74) is 0.697. The van der Waals surface area contributed by atoms with Crippen molar-refractivity contribution in [1.29, 1.82) is 0 Å². The molecular weight excluding hydrogens is 340 g/mol. The molecule has 0 spiro atoms. The molecule has 0 aliphatic carbocycles. The molecule has 0 fully saturated rings. The third-order valence-electron chi connectivity index (χ3n) is 3.07. The van der Waals surface area contributed by atoms with Gasteiger partial charge in [-0.1, -0.05) is 15.9 Å². The summed E-state index contributed by atoms with van der Waals surface area (Å²) in [7, 11) is 0. The van der Waals surface area contributed by atoms with Crippen molar-refractivity contribution in [3.63, 3.8) is 0 Å². The summed E-state index contributed by atoms with van der Waals surface area (Å²) in [5.74, 6) is -2.08. The van der Waals surface area contributed by atoms with Crippen molar-refractivity contribution >= 4 is 39.4 Å². The number of hydrogen-bond donors (Lipinski definition) is 1. The Balaban J connectivity index is 2.03. The maximum absolute atomic E-state index is 12.3. The molecule has 3 rings (SSSR count). The summed E-state index contributed by atoms with van der Waals surface area (Å²) in [5, 5.41) is 8.80. The van der Waals surface area contributed by atoms with Crippen LogP contribution < -0.4 is 4.90 Å². The molecule has 6 nitrogen and oxygen atoms in total. The highest BCUT2D eigenvalue weighted by atomic mass is 79.9. The third kappa shape index (κ3) is 2.11. The van der Waals surface area contributed by atoms with Crippen LogP contribution in [-0.4, -0.2) is 27.9 Å². The Bertz CT molecular complexity index is 786.